The summed E-state index contributed by atoms with van der Waals surface area (Å²) in [5.74, 6) is -0.260. The van der Waals surface area contributed by atoms with Crippen LogP contribution in [0.3, 0.4) is 0 Å². The van der Waals surface area contributed by atoms with E-state index < -0.39 is 0 Å². The lowest BCUT2D eigenvalue weighted by Crippen LogP contribution is -2.27. The van der Waals surface area contributed by atoms with Gasteiger partial charge < -0.3 is 4.90 Å². The average Bonchev–Trinajstić information content (AvgIpc) is 2.77. The van der Waals surface area contributed by atoms with Gasteiger partial charge in [-0.05, 0) is 45.8 Å². The number of hydrogen-bond acceptors (Lipinski definition) is 2. The zero-order valence-corrected chi connectivity index (χ0v) is 12.8. The van der Waals surface area contributed by atoms with E-state index >= 15 is 0 Å². The lowest BCUT2D eigenvalue weighted by atomic mass is 10.1. The maximum atomic E-state index is 12.8. The van der Waals surface area contributed by atoms with Gasteiger partial charge in [0.2, 0.25) is 5.91 Å². The first kappa shape index (κ1) is 14.2. The minimum atomic E-state index is -0.284. The third-order valence-corrected chi connectivity index (χ3v) is 4.32. The zero-order chi connectivity index (χ0) is 13.8. The fraction of sp³-hybridized carbons (Fsp3) is 0.214. The van der Waals surface area contributed by atoms with Crippen molar-refractivity contribution in [2.24, 2.45) is 0 Å². The van der Waals surface area contributed by atoms with E-state index in [1.807, 2.05) is 12.1 Å². The number of likely N-dealkylation sites (N-methyl/N-ethyl adjacent to an activating group) is 1. The number of carbonyl (C=O) groups excluding carboxylic acids is 1. The van der Waals surface area contributed by atoms with Crippen molar-refractivity contribution >= 4 is 33.2 Å². The van der Waals surface area contributed by atoms with Crippen molar-refractivity contribution in [3.8, 4) is 0 Å². The van der Waals surface area contributed by atoms with E-state index in [0.29, 0.717) is 13.0 Å². The molecule has 0 saturated heterocycles. The van der Waals surface area contributed by atoms with Gasteiger partial charge in [0.15, 0.2) is 0 Å². The number of halogens is 2. The van der Waals surface area contributed by atoms with Gasteiger partial charge in [0.1, 0.15) is 5.82 Å². The van der Waals surface area contributed by atoms with Crippen LogP contribution in [0.25, 0.3) is 0 Å². The van der Waals surface area contributed by atoms with Gasteiger partial charge in [0.25, 0.3) is 0 Å². The number of nitrogens with zero attached hydrogens (tertiary/aromatic N) is 1. The van der Waals surface area contributed by atoms with Crippen molar-refractivity contribution < 1.29 is 9.18 Å². The summed E-state index contributed by atoms with van der Waals surface area (Å²) in [5.41, 5.74) is 0.825. The van der Waals surface area contributed by atoms with Crippen molar-refractivity contribution in [1.82, 2.24) is 4.90 Å². The molecule has 1 aromatic carbocycles. The molecule has 0 unspecified atom stereocenters. The molecule has 2 rings (SSSR count). The van der Waals surface area contributed by atoms with E-state index in [2.05, 4.69) is 15.9 Å². The molecule has 0 radical (unpaired) electrons. The zero-order valence-electron chi connectivity index (χ0n) is 10.4. The molecule has 5 heteroatoms. The molecule has 0 atom stereocenters. The lowest BCUT2D eigenvalue weighted by molar-refractivity contribution is -0.129. The van der Waals surface area contributed by atoms with E-state index in [1.54, 1.807) is 35.4 Å². The molecule has 2 aromatic rings. The Kier molecular flexibility index (Phi) is 4.71. The molecule has 1 heterocycles. The van der Waals surface area contributed by atoms with Gasteiger partial charge >= 0.3 is 0 Å². The SMILES string of the molecule is CN(Cc1ccc(Br)s1)C(=O)Cc1ccc(F)cc1. The van der Waals surface area contributed by atoms with Crippen molar-refractivity contribution in [2.75, 3.05) is 7.05 Å². The van der Waals surface area contributed by atoms with Crippen LogP contribution in [0.2, 0.25) is 0 Å². The fourth-order valence-electron chi connectivity index (χ4n) is 1.67. The van der Waals surface area contributed by atoms with Crippen LogP contribution in [-0.4, -0.2) is 17.9 Å². The Morgan fingerprint density at radius 2 is 1.95 bits per heavy atom. The Morgan fingerprint density at radius 1 is 1.26 bits per heavy atom. The van der Waals surface area contributed by atoms with E-state index in [-0.39, 0.29) is 11.7 Å². The molecular weight excluding hydrogens is 329 g/mol. The van der Waals surface area contributed by atoms with E-state index in [9.17, 15) is 9.18 Å². The minimum absolute atomic E-state index is 0.0242. The van der Waals surface area contributed by atoms with Crippen LogP contribution in [0.4, 0.5) is 4.39 Å². The Balaban J connectivity index is 1.94. The minimum Gasteiger partial charge on any atom is -0.340 e. The van der Waals surface area contributed by atoms with Gasteiger partial charge in [-0.15, -0.1) is 11.3 Å². The van der Waals surface area contributed by atoms with Gasteiger partial charge in [0, 0.05) is 11.9 Å². The Morgan fingerprint density at radius 3 is 2.53 bits per heavy atom. The summed E-state index contributed by atoms with van der Waals surface area (Å²) in [6.45, 7) is 0.594. The largest absolute Gasteiger partial charge is 0.340 e. The molecule has 0 bridgehead atoms. The summed E-state index contributed by atoms with van der Waals surface area (Å²) in [7, 11) is 1.78. The van der Waals surface area contributed by atoms with E-state index in [1.165, 1.54) is 12.1 Å². The predicted octanol–water partition coefficient (Wildman–Crippen LogP) is 3.85. The summed E-state index contributed by atoms with van der Waals surface area (Å²) in [4.78, 5) is 14.8. The second-order valence-electron chi connectivity index (χ2n) is 4.26. The first-order chi connectivity index (χ1) is 9.04. The monoisotopic (exact) mass is 341 g/mol. The first-order valence-corrected chi connectivity index (χ1v) is 7.38. The van der Waals surface area contributed by atoms with Crippen LogP contribution in [-0.2, 0) is 17.8 Å². The lowest BCUT2D eigenvalue weighted by Gasteiger charge is -2.16. The number of amides is 1. The molecule has 0 N–H and O–H groups in total. The van der Waals surface area contributed by atoms with Gasteiger partial charge in [0.05, 0.1) is 16.8 Å². The van der Waals surface area contributed by atoms with Crippen LogP contribution < -0.4 is 0 Å². The molecule has 0 aliphatic rings. The summed E-state index contributed by atoms with van der Waals surface area (Å²) in [6.07, 6.45) is 0.295. The molecule has 0 aliphatic heterocycles. The third-order valence-electron chi connectivity index (χ3n) is 2.72. The highest BCUT2D eigenvalue weighted by Gasteiger charge is 2.11. The Hall–Kier alpha value is -1.20. The van der Waals surface area contributed by atoms with Crippen molar-refractivity contribution in [3.05, 3.63) is 56.4 Å². The first-order valence-electron chi connectivity index (χ1n) is 5.77. The molecule has 0 saturated carbocycles. The molecular formula is C14H13BrFNOS. The second-order valence-corrected chi connectivity index (χ2v) is 6.81. The quantitative estimate of drug-likeness (QED) is 0.827. The number of carbonyl (C=O) groups is 1. The normalized spacial score (nSPS) is 10.5. The standard InChI is InChI=1S/C14H13BrFNOS/c1-17(9-12-6-7-13(15)19-12)14(18)8-10-2-4-11(16)5-3-10/h2-7H,8-9H2,1H3. The molecule has 0 aliphatic carbocycles. The highest BCUT2D eigenvalue weighted by atomic mass is 79.9. The third kappa shape index (κ3) is 4.14. The molecule has 1 amide bonds. The number of hydrogen-bond donors (Lipinski definition) is 0. The maximum Gasteiger partial charge on any atom is 0.227 e. The molecule has 0 spiro atoms. The molecule has 100 valence electrons. The number of thiophene rings is 1. The van der Waals surface area contributed by atoms with Crippen LogP contribution in [0, 0.1) is 5.82 Å². The van der Waals surface area contributed by atoms with Crippen molar-refractivity contribution in [3.63, 3.8) is 0 Å². The number of rotatable bonds is 4. The van der Waals surface area contributed by atoms with Crippen molar-refractivity contribution in [1.29, 1.82) is 0 Å². The van der Waals surface area contributed by atoms with Gasteiger partial charge in [-0.2, -0.15) is 0 Å². The van der Waals surface area contributed by atoms with E-state index in [0.717, 1.165) is 14.2 Å². The van der Waals surface area contributed by atoms with Gasteiger partial charge in [-0.1, -0.05) is 12.1 Å². The topological polar surface area (TPSA) is 20.3 Å². The van der Waals surface area contributed by atoms with Crippen LogP contribution in [0.15, 0.2) is 40.2 Å². The summed E-state index contributed by atoms with van der Waals surface area (Å²) in [6, 6.07) is 10.00. The molecule has 0 fully saturated rings. The maximum absolute atomic E-state index is 12.8. The van der Waals surface area contributed by atoms with Crippen molar-refractivity contribution in [2.45, 2.75) is 13.0 Å². The summed E-state index contributed by atoms with van der Waals surface area (Å²) < 4.78 is 13.8. The summed E-state index contributed by atoms with van der Waals surface area (Å²) >= 11 is 5.01. The smallest absolute Gasteiger partial charge is 0.227 e. The highest BCUT2D eigenvalue weighted by Crippen LogP contribution is 2.23. The van der Waals surface area contributed by atoms with Gasteiger partial charge in [-0.25, -0.2) is 4.39 Å². The average molecular weight is 342 g/mol. The fourth-order valence-corrected chi connectivity index (χ4v) is 3.21. The summed E-state index contributed by atoms with van der Waals surface area (Å²) in [5, 5.41) is 0. The predicted molar refractivity (Wildman–Crippen MR) is 78.6 cm³/mol. The molecule has 2 nitrogen and oxygen atoms in total. The Labute approximate surface area is 124 Å². The highest BCUT2D eigenvalue weighted by molar-refractivity contribution is 9.11. The molecule has 19 heavy (non-hydrogen) atoms. The van der Waals surface area contributed by atoms with Crippen LogP contribution in [0.5, 0.6) is 0 Å². The number of benzene rings is 1. The molecule has 1 aromatic heterocycles. The van der Waals surface area contributed by atoms with Crippen LogP contribution >= 0.6 is 27.3 Å². The van der Waals surface area contributed by atoms with E-state index in [4.69, 9.17) is 0 Å². The van der Waals surface area contributed by atoms with Crippen LogP contribution in [0.1, 0.15) is 10.4 Å². The second kappa shape index (κ2) is 6.30. The Bertz CT molecular complexity index is 567. The van der Waals surface area contributed by atoms with Gasteiger partial charge in [-0.3, -0.25) is 4.79 Å².